The number of aromatic nitrogens is 1. The number of benzene rings is 1. The zero-order chi connectivity index (χ0) is 10.7. The van der Waals surface area contributed by atoms with Crippen LogP contribution in [0.3, 0.4) is 0 Å². The molecule has 1 aromatic carbocycles. The summed E-state index contributed by atoms with van der Waals surface area (Å²) in [5.74, 6) is 0.809. The van der Waals surface area contributed by atoms with Gasteiger partial charge in [-0.3, -0.25) is 0 Å². The van der Waals surface area contributed by atoms with Gasteiger partial charge in [0, 0.05) is 10.9 Å². The summed E-state index contributed by atoms with van der Waals surface area (Å²) in [5, 5.41) is 0. The topological polar surface area (TPSA) is 26.0 Å². The number of halogens is 1. The van der Waals surface area contributed by atoms with Crippen molar-refractivity contribution in [3.05, 3.63) is 52.1 Å². The van der Waals surface area contributed by atoms with Gasteiger partial charge in [0.15, 0.2) is 5.89 Å². The van der Waals surface area contributed by atoms with Gasteiger partial charge in [0.25, 0.3) is 0 Å². The van der Waals surface area contributed by atoms with Gasteiger partial charge in [0.2, 0.25) is 0 Å². The first-order valence-corrected chi connectivity index (χ1v) is 5.69. The summed E-state index contributed by atoms with van der Waals surface area (Å²) in [7, 11) is 0. The number of hydrogen-bond donors (Lipinski definition) is 0. The highest BCUT2D eigenvalue weighted by atomic mass is 79.9. The van der Waals surface area contributed by atoms with E-state index in [1.165, 1.54) is 5.56 Å². The smallest absolute Gasteiger partial charge is 0.194 e. The lowest BCUT2D eigenvalue weighted by Gasteiger charge is -2.01. The molecule has 0 unspecified atom stereocenters. The maximum Gasteiger partial charge on any atom is 0.194 e. The molecule has 0 aliphatic heterocycles. The van der Waals surface area contributed by atoms with Gasteiger partial charge in [0.05, 0.1) is 5.69 Å². The lowest BCUT2D eigenvalue weighted by atomic mass is 10.1. The Kier molecular flexibility index (Phi) is 3.21. The molecule has 0 spiro atoms. The first-order valence-electron chi connectivity index (χ1n) is 4.90. The van der Waals surface area contributed by atoms with Gasteiger partial charge >= 0.3 is 0 Å². The Balaban J connectivity index is 2.02. The van der Waals surface area contributed by atoms with Crippen molar-refractivity contribution >= 4 is 15.9 Å². The summed E-state index contributed by atoms with van der Waals surface area (Å²) in [4.78, 5) is 4.27. The zero-order valence-corrected chi connectivity index (χ0v) is 10.1. The van der Waals surface area contributed by atoms with Crippen molar-refractivity contribution in [1.82, 2.24) is 4.98 Å². The van der Waals surface area contributed by atoms with Gasteiger partial charge in [-0.15, -0.1) is 0 Å². The van der Waals surface area contributed by atoms with Gasteiger partial charge < -0.3 is 4.42 Å². The van der Waals surface area contributed by atoms with Gasteiger partial charge in [-0.05, 0) is 25.0 Å². The average molecular weight is 266 g/mol. The van der Waals surface area contributed by atoms with Crippen LogP contribution in [0, 0.1) is 6.92 Å². The minimum absolute atomic E-state index is 0.809. The van der Waals surface area contributed by atoms with Crippen molar-refractivity contribution in [3.63, 3.8) is 0 Å². The maximum atomic E-state index is 5.30. The van der Waals surface area contributed by atoms with Crippen LogP contribution < -0.4 is 0 Å². The highest BCUT2D eigenvalue weighted by molar-refractivity contribution is 9.10. The van der Waals surface area contributed by atoms with Crippen molar-refractivity contribution in [2.45, 2.75) is 19.8 Å². The van der Waals surface area contributed by atoms with Crippen LogP contribution in [0.5, 0.6) is 0 Å². The third kappa shape index (κ3) is 2.69. The highest BCUT2D eigenvalue weighted by Crippen LogP contribution is 2.17. The zero-order valence-electron chi connectivity index (χ0n) is 8.53. The van der Waals surface area contributed by atoms with E-state index in [2.05, 4.69) is 33.0 Å². The normalized spacial score (nSPS) is 10.5. The molecule has 0 radical (unpaired) electrons. The van der Waals surface area contributed by atoms with Crippen LogP contribution in [0.25, 0.3) is 0 Å². The molecule has 2 nitrogen and oxygen atoms in total. The predicted octanol–water partition coefficient (Wildman–Crippen LogP) is 3.53. The fourth-order valence-corrected chi connectivity index (χ4v) is 1.94. The standard InChI is InChI=1S/C12H12BrNO/c1-9-8-15-12(14-9)7-6-10-4-2-3-5-11(10)13/h2-5,8H,6-7H2,1H3. The fourth-order valence-electron chi connectivity index (χ4n) is 1.46. The molecular weight excluding hydrogens is 254 g/mol. The number of rotatable bonds is 3. The second-order valence-electron chi connectivity index (χ2n) is 3.47. The summed E-state index contributed by atoms with van der Waals surface area (Å²) in [6.07, 6.45) is 3.48. The van der Waals surface area contributed by atoms with Gasteiger partial charge in [-0.1, -0.05) is 34.1 Å². The van der Waals surface area contributed by atoms with Crippen molar-refractivity contribution in [2.24, 2.45) is 0 Å². The van der Waals surface area contributed by atoms with E-state index >= 15 is 0 Å². The molecular formula is C12H12BrNO. The van der Waals surface area contributed by atoms with Crippen molar-refractivity contribution in [1.29, 1.82) is 0 Å². The average Bonchev–Trinajstić information content (AvgIpc) is 2.63. The third-order valence-corrected chi connectivity index (χ3v) is 3.01. The molecule has 0 fully saturated rings. The third-order valence-electron chi connectivity index (χ3n) is 2.23. The number of aryl methyl sites for hydroxylation is 3. The van der Waals surface area contributed by atoms with Gasteiger partial charge in [-0.25, -0.2) is 4.98 Å². The molecule has 2 aromatic rings. The van der Waals surface area contributed by atoms with Gasteiger partial charge in [-0.2, -0.15) is 0 Å². The molecule has 0 saturated heterocycles. The van der Waals surface area contributed by atoms with Crippen LogP contribution >= 0.6 is 15.9 Å². The summed E-state index contributed by atoms with van der Waals surface area (Å²) in [6.45, 7) is 1.94. The fraction of sp³-hybridized carbons (Fsp3) is 0.250. The minimum atomic E-state index is 0.809. The number of nitrogens with zero attached hydrogens (tertiary/aromatic N) is 1. The Morgan fingerprint density at radius 1 is 1.27 bits per heavy atom. The molecule has 2 rings (SSSR count). The van der Waals surface area contributed by atoms with E-state index in [4.69, 9.17) is 4.42 Å². The Morgan fingerprint density at radius 2 is 2.07 bits per heavy atom. The Morgan fingerprint density at radius 3 is 2.73 bits per heavy atom. The van der Waals surface area contributed by atoms with Crippen LogP contribution in [0.4, 0.5) is 0 Å². The Hall–Kier alpha value is -1.09. The van der Waals surface area contributed by atoms with Crippen LogP contribution in [-0.4, -0.2) is 4.98 Å². The minimum Gasteiger partial charge on any atom is -0.449 e. The van der Waals surface area contributed by atoms with E-state index in [-0.39, 0.29) is 0 Å². The quantitative estimate of drug-likeness (QED) is 0.849. The molecule has 0 aliphatic carbocycles. The van der Waals surface area contributed by atoms with E-state index in [1.54, 1.807) is 6.26 Å². The predicted molar refractivity (Wildman–Crippen MR) is 62.8 cm³/mol. The lowest BCUT2D eigenvalue weighted by Crippen LogP contribution is -1.92. The van der Waals surface area contributed by atoms with Crippen LogP contribution in [0.15, 0.2) is 39.4 Å². The summed E-state index contributed by atoms with van der Waals surface area (Å²) >= 11 is 3.52. The Bertz CT molecular complexity index is 450. The molecule has 1 aromatic heterocycles. The monoisotopic (exact) mass is 265 g/mol. The molecule has 0 saturated carbocycles. The van der Waals surface area contributed by atoms with E-state index < -0.39 is 0 Å². The summed E-state index contributed by atoms with van der Waals surface area (Å²) < 4.78 is 6.45. The second-order valence-corrected chi connectivity index (χ2v) is 4.33. The molecule has 0 N–H and O–H groups in total. The highest BCUT2D eigenvalue weighted by Gasteiger charge is 2.03. The van der Waals surface area contributed by atoms with E-state index in [0.717, 1.165) is 28.9 Å². The largest absolute Gasteiger partial charge is 0.449 e. The molecule has 0 bridgehead atoms. The van der Waals surface area contributed by atoms with Gasteiger partial charge in [0.1, 0.15) is 6.26 Å². The first-order chi connectivity index (χ1) is 7.25. The molecule has 0 atom stereocenters. The number of oxazole rings is 1. The molecule has 15 heavy (non-hydrogen) atoms. The summed E-state index contributed by atoms with van der Waals surface area (Å²) in [6, 6.07) is 8.22. The summed E-state index contributed by atoms with van der Waals surface area (Å²) in [5.41, 5.74) is 2.23. The molecule has 0 amide bonds. The van der Waals surface area contributed by atoms with Crippen molar-refractivity contribution < 1.29 is 4.42 Å². The molecule has 1 heterocycles. The van der Waals surface area contributed by atoms with E-state index in [1.807, 2.05) is 19.1 Å². The van der Waals surface area contributed by atoms with Crippen LogP contribution in [0.2, 0.25) is 0 Å². The molecule has 78 valence electrons. The lowest BCUT2D eigenvalue weighted by molar-refractivity contribution is 0.493. The first kappa shape index (κ1) is 10.4. The molecule has 0 aliphatic rings. The van der Waals surface area contributed by atoms with Crippen LogP contribution in [-0.2, 0) is 12.8 Å². The maximum absolute atomic E-state index is 5.30. The van der Waals surface area contributed by atoms with E-state index in [0.29, 0.717) is 0 Å². The second kappa shape index (κ2) is 4.62. The molecule has 3 heteroatoms. The number of hydrogen-bond acceptors (Lipinski definition) is 2. The Labute approximate surface area is 97.5 Å². The van der Waals surface area contributed by atoms with E-state index in [9.17, 15) is 0 Å². The van der Waals surface area contributed by atoms with Crippen molar-refractivity contribution in [3.8, 4) is 0 Å². The van der Waals surface area contributed by atoms with Crippen LogP contribution in [0.1, 0.15) is 17.1 Å². The SMILES string of the molecule is Cc1coc(CCc2ccccc2Br)n1. The van der Waals surface area contributed by atoms with Crippen molar-refractivity contribution in [2.75, 3.05) is 0 Å².